The number of hydrogen-bond acceptors (Lipinski definition) is 3. The Morgan fingerprint density at radius 1 is 1.32 bits per heavy atom. The van der Waals surface area contributed by atoms with Crippen LogP contribution in [0.4, 0.5) is 0 Å². The summed E-state index contributed by atoms with van der Waals surface area (Å²) < 4.78 is 0. The van der Waals surface area contributed by atoms with E-state index in [9.17, 15) is 9.90 Å². The summed E-state index contributed by atoms with van der Waals surface area (Å²) in [6.07, 6.45) is 2.80. The van der Waals surface area contributed by atoms with E-state index in [2.05, 4.69) is 24.1 Å². The number of nitrogens with one attached hydrogen (secondary N) is 1. The third kappa shape index (κ3) is 4.18. The molecule has 4 heteroatoms. The molecule has 19 heavy (non-hydrogen) atoms. The van der Waals surface area contributed by atoms with Crippen molar-refractivity contribution in [2.24, 2.45) is 5.92 Å². The molecule has 0 aromatic heterocycles. The maximum atomic E-state index is 12.2. The lowest BCUT2D eigenvalue weighted by atomic mass is 10.0. The van der Waals surface area contributed by atoms with Crippen molar-refractivity contribution in [3.05, 3.63) is 0 Å². The molecule has 1 amide bonds. The van der Waals surface area contributed by atoms with Gasteiger partial charge < -0.3 is 10.4 Å². The lowest BCUT2D eigenvalue weighted by molar-refractivity contribution is -0.127. The molecule has 0 saturated carbocycles. The zero-order chi connectivity index (χ0) is 14.6. The van der Waals surface area contributed by atoms with Crippen molar-refractivity contribution < 1.29 is 9.90 Å². The van der Waals surface area contributed by atoms with Crippen LogP contribution < -0.4 is 5.32 Å². The molecule has 5 atom stereocenters. The predicted molar refractivity (Wildman–Crippen MR) is 77.9 cm³/mol. The minimum atomic E-state index is -0.449. The quantitative estimate of drug-likeness (QED) is 0.773. The standard InChI is InChI=1S/C15H30N2O2/c1-6-10(2)14(18)9-16-15(19)13(5)17-11(3)7-8-12(17)4/h10-14,18H,6-9H2,1-5H3,(H,16,19). The topological polar surface area (TPSA) is 52.6 Å². The second-order valence-corrected chi connectivity index (χ2v) is 6.10. The van der Waals surface area contributed by atoms with Crippen molar-refractivity contribution in [1.29, 1.82) is 0 Å². The van der Waals surface area contributed by atoms with E-state index in [0.717, 1.165) is 19.3 Å². The monoisotopic (exact) mass is 270 g/mol. The SMILES string of the molecule is CCC(C)C(O)CNC(=O)C(C)N1C(C)CCC1C. The summed E-state index contributed by atoms with van der Waals surface area (Å²) in [5.41, 5.74) is 0. The molecule has 1 fully saturated rings. The van der Waals surface area contributed by atoms with Crippen LogP contribution in [0.15, 0.2) is 0 Å². The van der Waals surface area contributed by atoms with Crippen molar-refractivity contribution in [3.63, 3.8) is 0 Å². The summed E-state index contributed by atoms with van der Waals surface area (Å²) in [5, 5.41) is 12.8. The normalized spacial score (nSPS) is 28.9. The van der Waals surface area contributed by atoms with Crippen LogP contribution in [0, 0.1) is 5.92 Å². The van der Waals surface area contributed by atoms with E-state index in [1.165, 1.54) is 0 Å². The molecule has 2 N–H and O–H groups in total. The second kappa shape index (κ2) is 7.25. The largest absolute Gasteiger partial charge is 0.391 e. The summed E-state index contributed by atoms with van der Waals surface area (Å²) in [4.78, 5) is 14.5. The Morgan fingerprint density at radius 2 is 1.84 bits per heavy atom. The molecule has 0 bridgehead atoms. The van der Waals surface area contributed by atoms with Gasteiger partial charge in [-0.05, 0) is 39.5 Å². The highest BCUT2D eigenvalue weighted by Crippen LogP contribution is 2.25. The van der Waals surface area contributed by atoms with Crippen molar-refractivity contribution in [2.75, 3.05) is 6.54 Å². The first-order valence-corrected chi connectivity index (χ1v) is 7.61. The van der Waals surface area contributed by atoms with E-state index < -0.39 is 6.10 Å². The summed E-state index contributed by atoms with van der Waals surface area (Å²) in [7, 11) is 0. The molecule has 112 valence electrons. The van der Waals surface area contributed by atoms with Crippen LogP contribution in [0.25, 0.3) is 0 Å². The first-order chi connectivity index (χ1) is 8.88. The fourth-order valence-electron chi connectivity index (χ4n) is 2.94. The number of rotatable bonds is 6. The lowest BCUT2D eigenvalue weighted by Crippen LogP contribution is -2.50. The predicted octanol–water partition coefficient (Wildman–Crippen LogP) is 1.77. The zero-order valence-corrected chi connectivity index (χ0v) is 13.0. The Kier molecular flexibility index (Phi) is 6.27. The Bertz CT molecular complexity index is 286. The Morgan fingerprint density at radius 3 is 2.32 bits per heavy atom. The van der Waals surface area contributed by atoms with Crippen molar-refractivity contribution in [3.8, 4) is 0 Å². The number of carbonyl (C=O) groups is 1. The van der Waals surface area contributed by atoms with Crippen LogP contribution in [-0.2, 0) is 4.79 Å². The third-order valence-electron chi connectivity index (χ3n) is 4.63. The van der Waals surface area contributed by atoms with Gasteiger partial charge in [0.2, 0.25) is 5.91 Å². The van der Waals surface area contributed by atoms with Gasteiger partial charge in [-0.3, -0.25) is 9.69 Å². The summed E-state index contributed by atoms with van der Waals surface area (Å²) >= 11 is 0. The summed E-state index contributed by atoms with van der Waals surface area (Å²) in [6.45, 7) is 10.7. The molecule has 4 nitrogen and oxygen atoms in total. The number of hydrogen-bond donors (Lipinski definition) is 2. The molecular weight excluding hydrogens is 240 g/mol. The van der Waals surface area contributed by atoms with Gasteiger partial charge in [0.15, 0.2) is 0 Å². The van der Waals surface area contributed by atoms with Crippen LogP contribution in [-0.4, -0.2) is 46.7 Å². The van der Waals surface area contributed by atoms with Gasteiger partial charge in [0.25, 0.3) is 0 Å². The first-order valence-electron chi connectivity index (χ1n) is 7.61. The van der Waals surface area contributed by atoms with Gasteiger partial charge >= 0.3 is 0 Å². The third-order valence-corrected chi connectivity index (χ3v) is 4.63. The van der Waals surface area contributed by atoms with E-state index in [-0.39, 0.29) is 17.9 Å². The number of carbonyl (C=O) groups excluding carboxylic acids is 1. The molecule has 1 heterocycles. The van der Waals surface area contributed by atoms with Crippen molar-refractivity contribution >= 4 is 5.91 Å². The molecule has 0 spiro atoms. The van der Waals surface area contributed by atoms with E-state index in [0.29, 0.717) is 18.6 Å². The van der Waals surface area contributed by atoms with Gasteiger partial charge in [-0.25, -0.2) is 0 Å². The molecule has 0 aromatic rings. The maximum Gasteiger partial charge on any atom is 0.237 e. The number of amides is 1. The molecule has 1 saturated heterocycles. The fourth-order valence-corrected chi connectivity index (χ4v) is 2.94. The molecule has 0 radical (unpaired) electrons. The second-order valence-electron chi connectivity index (χ2n) is 6.10. The molecule has 1 rings (SSSR count). The van der Waals surface area contributed by atoms with Crippen molar-refractivity contribution in [1.82, 2.24) is 10.2 Å². The maximum absolute atomic E-state index is 12.2. The Labute approximate surface area is 117 Å². The molecular formula is C15H30N2O2. The Hall–Kier alpha value is -0.610. The number of likely N-dealkylation sites (tertiary alicyclic amines) is 1. The molecule has 0 aliphatic carbocycles. The van der Waals surface area contributed by atoms with E-state index in [1.807, 2.05) is 20.8 Å². The molecule has 5 unspecified atom stereocenters. The van der Waals surface area contributed by atoms with Crippen LogP contribution in [0.2, 0.25) is 0 Å². The smallest absolute Gasteiger partial charge is 0.237 e. The van der Waals surface area contributed by atoms with Crippen LogP contribution in [0.5, 0.6) is 0 Å². The van der Waals surface area contributed by atoms with Crippen molar-refractivity contribution in [2.45, 2.75) is 78.1 Å². The zero-order valence-electron chi connectivity index (χ0n) is 13.0. The average molecular weight is 270 g/mol. The minimum Gasteiger partial charge on any atom is -0.391 e. The van der Waals surface area contributed by atoms with Gasteiger partial charge in [0.1, 0.15) is 0 Å². The van der Waals surface area contributed by atoms with Gasteiger partial charge in [-0.1, -0.05) is 20.3 Å². The average Bonchev–Trinajstić information content (AvgIpc) is 2.73. The highest BCUT2D eigenvalue weighted by Gasteiger charge is 2.34. The molecule has 1 aliphatic heterocycles. The van der Waals surface area contributed by atoms with E-state index in [4.69, 9.17) is 0 Å². The minimum absolute atomic E-state index is 0.0305. The van der Waals surface area contributed by atoms with E-state index >= 15 is 0 Å². The highest BCUT2D eigenvalue weighted by molar-refractivity contribution is 5.81. The molecule has 1 aliphatic rings. The van der Waals surface area contributed by atoms with E-state index in [1.54, 1.807) is 0 Å². The summed E-state index contributed by atoms with van der Waals surface area (Å²) in [5.74, 6) is 0.253. The molecule has 0 aromatic carbocycles. The van der Waals surface area contributed by atoms with Gasteiger partial charge in [0, 0.05) is 18.6 Å². The van der Waals surface area contributed by atoms with Gasteiger partial charge in [0.05, 0.1) is 12.1 Å². The lowest BCUT2D eigenvalue weighted by Gasteiger charge is -2.32. The Balaban J connectivity index is 2.45. The first kappa shape index (κ1) is 16.4. The number of aliphatic hydroxyl groups is 1. The van der Waals surface area contributed by atoms with Crippen LogP contribution in [0.3, 0.4) is 0 Å². The highest BCUT2D eigenvalue weighted by atomic mass is 16.3. The van der Waals surface area contributed by atoms with Crippen LogP contribution >= 0.6 is 0 Å². The number of aliphatic hydroxyl groups excluding tert-OH is 1. The van der Waals surface area contributed by atoms with Crippen LogP contribution in [0.1, 0.15) is 53.9 Å². The van der Waals surface area contributed by atoms with Gasteiger partial charge in [-0.2, -0.15) is 0 Å². The van der Waals surface area contributed by atoms with Gasteiger partial charge in [-0.15, -0.1) is 0 Å². The number of nitrogens with zero attached hydrogens (tertiary/aromatic N) is 1. The summed E-state index contributed by atoms with van der Waals surface area (Å²) in [6, 6.07) is 0.821. The fraction of sp³-hybridized carbons (Fsp3) is 0.933.